The van der Waals surface area contributed by atoms with Crippen LogP contribution in [0.15, 0.2) is 42.5 Å². The first-order chi connectivity index (χ1) is 14.0. The number of hydrogen-bond donors (Lipinski definition) is 2. The summed E-state index contributed by atoms with van der Waals surface area (Å²) in [5.74, 6) is 0.448. The number of amides is 1. The van der Waals surface area contributed by atoms with E-state index in [4.69, 9.17) is 9.47 Å². The first kappa shape index (κ1) is 20.7. The fourth-order valence-electron chi connectivity index (χ4n) is 3.80. The average Bonchev–Trinajstić information content (AvgIpc) is 2.73. The number of methoxy groups -OCH3 is 1. The Labute approximate surface area is 170 Å². The number of phenols is 1. The van der Waals surface area contributed by atoms with E-state index in [2.05, 4.69) is 11.4 Å². The largest absolute Gasteiger partial charge is 0.504 e. The van der Waals surface area contributed by atoms with Crippen LogP contribution in [0.25, 0.3) is 0 Å². The number of carbonyl (C=O) groups is 2. The number of phenolic OH excluding ortho intramolecular Hbond substituents is 1. The molecule has 2 N–H and O–H groups in total. The molecule has 0 unspecified atom stereocenters. The minimum Gasteiger partial charge on any atom is -0.504 e. The van der Waals surface area contributed by atoms with E-state index in [-0.39, 0.29) is 23.7 Å². The molecule has 6 heteroatoms. The Morgan fingerprint density at radius 2 is 1.86 bits per heavy atom. The van der Waals surface area contributed by atoms with Gasteiger partial charge in [-0.05, 0) is 67.0 Å². The molecule has 2 aromatic rings. The van der Waals surface area contributed by atoms with Crippen LogP contribution in [0.2, 0.25) is 0 Å². The van der Waals surface area contributed by atoms with Gasteiger partial charge in [0.05, 0.1) is 7.11 Å². The van der Waals surface area contributed by atoms with Crippen LogP contribution in [0.3, 0.4) is 0 Å². The van der Waals surface area contributed by atoms with Crippen molar-refractivity contribution in [1.29, 1.82) is 0 Å². The van der Waals surface area contributed by atoms with E-state index in [0.717, 1.165) is 36.8 Å². The number of aromatic hydroxyl groups is 1. The van der Waals surface area contributed by atoms with Crippen LogP contribution in [-0.4, -0.2) is 30.2 Å². The van der Waals surface area contributed by atoms with Gasteiger partial charge in [0.1, 0.15) is 6.10 Å². The molecule has 0 radical (unpaired) electrons. The predicted octanol–water partition coefficient (Wildman–Crippen LogP) is 3.92. The van der Waals surface area contributed by atoms with Crippen molar-refractivity contribution in [2.45, 2.75) is 51.2 Å². The summed E-state index contributed by atoms with van der Waals surface area (Å²) in [6, 6.07) is 12.7. The molecule has 154 valence electrons. The van der Waals surface area contributed by atoms with Gasteiger partial charge in [0.2, 0.25) is 0 Å². The zero-order valence-electron chi connectivity index (χ0n) is 16.8. The fourth-order valence-corrected chi connectivity index (χ4v) is 3.80. The second-order valence-electron chi connectivity index (χ2n) is 7.40. The van der Waals surface area contributed by atoms with Crippen LogP contribution in [-0.2, 0) is 16.1 Å². The third-order valence-electron chi connectivity index (χ3n) is 5.32. The molecule has 1 fully saturated rings. The lowest BCUT2D eigenvalue weighted by Crippen LogP contribution is -2.24. The molecule has 3 rings (SSSR count). The molecular weight excluding hydrogens is 370 g/mol. The molecule has 1 aliphatic rings. The SMILES string of the molecule is COc1cc(CNC(=O)c2cccc([C@H]3CC[C@@H](OC(C)=O)CC3)c2)ccc1O. The Bertz CT molecular complexity index is 871. The number of ether oxygens (including phenoxy) is 2. The van der Waals surface area contributed by atoms with E-state index < -0.39 is 0 Å². The number of esters is 1. The Hall–Kier alpha value is -3.02. The van der Waals surface area contributed by atoms with Crippen LogP contribution >= 0.6 is 0 Å². The van der Waals surface area contributed by atoms with Gasteiger partial charge in [0.25, 0.3) is 5.91 Å². The van der Waals surface area contributed by atoms with Gasteiger partial charge in [-0.3, -0.25) is 9.59 Å². The van der Waals surface area contributed by atoms with Gasteiger partial charge in [-0.25, -0.2) is 0 Å². The molecule has 6 nitrogen and oxygen atoms in total. The van der Waals surface area contributed by atoms with Crippen LogP contribution in [0, 0.1) is 0 Å². The highest BCUT2D eigenvalue weighted by Crippen LogP contribution is 2.34. The van der Waals surface area contributed by atoms with Gasteiger partial charge >= 0.3 is 5.97 Å². The maximum atomic E-state index is 12.6. The third kappa shape index (κ3) is 5.50. The number of rotatable bonds is 6. The van der Waals surface area contributed by atoms with Crippen molar-refractivity contribution in [2.75, 3.05) is 7.11 Å². The van der Waals surface area contributed by atoms with E-state index in [9.17, 15) is 14.7 Å². The molecule has 0 bridgehead atoms. The van der Waals surface area contributed by atoms with Gasteiger partial charge in [-0.15, -0.1) is 0 Å². The molecule has 1 aliphatic carbocycles. The summed E-state index contributed by atoms with van der Waals surface area (Å²) in [6.45, 7) is 1.79. The maximum absolute atomic E-state index is 12.6. The molecule has 0 saturated heterocycles. The van der Waals surface area contributed by atoms with Gasteiger partial charge in [0, 0.05) is 19.0 Å². The summed E-state index contributed by atoms with van der Waals surface area (Å²) in [4.78, 5) is 23.7. The number of hydrogen-bond acceptors (Lipinski definition) is 5. The molecule has 0 atom stereocenters. The maximum Gasteiger partial charge on any atom is 0.302 e. The summed E-state index contributed by atoms with van der Waals surface area (Å²) < 4.78 is 10.4. The summed E-state index contributed by atoms with van der Waals surface area (Å²) in [5.41, 5.74) is 2.61. The highest BCUT2D eigenvalue weighted by molar-refractivity contribution is 5.94. The second-order valence-corrected chi connectivity index (χ2v) is 7.40. The van der Waals surface area contributed by atoms with Crippen molar-refractivity contribution in [3.63, 3.8) is 0 Å². The monoisotopic (exact) mass is 397 g/mol. The smallest absolute Gasteiger partial charge is 0.302 e. The van der Waals surface area contributed by atoms with E-state index in [1.165, 1.54) is 14.0 Å². The number of nitrogens with one attached hydrogen (secondary N) is 1. The highest BCUT2D eigenvalue weighted by Gasteiger charge is 2.24. The minimum atomic E-state index is -0.224. The Kier molecular flexibility index (Phi) is 6.75. The second kappa shape index (κ2) is 9.45. The molecule has 0 aromatic heterocycles. The molecule has 1 amide bonds. The molecular formula is C23H27NO5. The summed E-state index contributed by atoms with van der Waals surface area (Å²) in [7, 11) is 1.49. The number of benzene rings is 2. The predicted molar refractivity (Wildman–Crippen MR) is 109 cm³/mol. The van der Waals surface area contributed by atoms with Gasteiger partial charge < -0.3 is 19.9 Å². The fraction of sp³-hybridized carbons (Fsp3) is 0.391. The van der Waals surface area contributed by atoms with Crippen LogP contribution in [0.4, 0.5) is 0 Å². The lowest BCUT2D eigenvalue weighted by molar-refractivity contribution is -0.147. The van der Waals surface area contributed by atoms with E-state index in [1.807, 2.05) is 12.1 Å². The van der Waals surface area contributed by atoms with E-state index in [0.29, 0.717) is 23.8 Å². The van der Waals surface area contributed by atoms with Crippen LogP contribution < -0.4 is 10.1 Å². The molecule has 29 heavy (non-hydrogen) atoms. The quantitative estimate of drug-likeness (QED) is 0.722. The highest BCUT2D eigenvalue weighted by atomic mass is 16.5. The van der Waals surface area contributed by atoms with Gasteiger partial charge in [0.15, 0.2) is 11.5 Å². The summed E-state index contributed by atoms with van der Waals surface area (Å²) >= 11 is 0. The van der Waals surface area contributed by atoms with Gasteiger partial charge in [-0.2, -0.15) is 0 Å². The van der Waals surface area contributed by atoms with Crippen molar-refractivity contribution in [3.05, 3.63) is 59.2 Å². The number of carbonyl (C=O) groups excluding carboxylic acids is 2. The van der Waals surface area contributed by atoms with Gasteiger partial charge in [-0.1, -0.05) is 18.2 Å². The lowest BCUT2D eigenvalue weighted by Gasteiger charge is -2.28. The first-order valence-corrected chi connectivity index (χ1v) is 9.87. The van der Waals surface area contributed by atoms with Crippen molar-refractivity contribution >= 4 is 11.9 Å². The molecule has 2 aromatic carbocycles. The summed E-state index contributed by atoms with van der Waals surface area (Å²) in [5, 5.41) is 12.6. The molecule has 0 spiro atoms. The topological polar surface area (TPSA) is 84.9 Å². The van der Waals surface area contributed by atoms with E-state index in [1.54, 1.807) is 24.3 Å². The Morgan fingerprint density at radius 3 is 2.55 bits per heavy atom. The molecule has 0 heterocycles. The lowest BCUT2D eigenvalue weighted by atomic mass is 9.82. The first-order valence-electron chi connectivity index (χ1n) is 9.87. The minimum absolute atomic E-state index is 0.0116. The van der Waals surface area contributed by atoms with E-state index >= 15 is 0 Å². The van der Waals surface area contributed by atoms with Crippen LogP contribution in [0.5, 0.6) is 11.5 Å². The van der Waals surface area contributed by atoms with Crippen molar-refractivity contribution in [2.24, 2.45) is 0 Å². The zero-order valence-corrected chi connectivity index (χ0v) is 16.8. The molecule has 0 aliphatic heterocycles. The standard InChI is InChI=1S/C23H27NO5/c1-15(25)29-20-9-7-17(8-10-20)18-4-3-5-19(13-18)23(27)24-14-16-6-11-21(26)22(12-16)28-2/h3-6,11-13,17,20,26H,7-10,14H2,1-2H3,(H,24,27)/t17-,20+. The van der Waals surface area contributed by atoms with Crippen molar-refractivity contribution < 1.29 is 24.2 Å². The third-order valence-corrected chi connectivity index (χ3v) is 5.32. The normalized spacial score (nSPS) is 18.7. The Balaban J connectivity index is 1.59. The van der Waals surface area contributed by atoms with Crippen LogP contribution in [0.1, 0.15) is 60.0 Å². The van der Waals surface area contributed by atoms with Crippen molar-refractivity contribution in [1.82, 2.24) is 5.32 Å². The van der Waals surface area contributed by atoms with Crippen molar-refractivity contribution in [3.8, 4) is 11.5 Å². The average molecular weight is 397 g/mol. The Morgan fingerprint density at radius 1 is 1.10 bits per heavy atom. The summed E-state index contributed by atoms with van der Waals surface area (Å²) in [6.07, 6.45) is 3.59. The zero-order chi connectivity index (χ0) is 20.8. The molecule has 1 saturated carbocycles.